The summed E-state index contributed by atoms with van der Waals surface area (Å²) in [7, 11) is 0. The summed E-state index contributed by atoms with van der Waals surface area (Å²) in [6.07, 6.45) is 6.55. The molecule has 0 saturated heterocycles. The first kappa shape index (κ1) is 12.6. The predicted octanol–water partition coefficient (Wildman–Crippen LogP) is 3.20. The Bertz CT molecular complexity index is 317. The number of benzene rings is 1. The lowest BCUT2D eigenvalue weighted by Gasteiger charge is -2.31. The summed E-state index contributed by atoms with van der Waals surface area (Å²) in [4.78, 5) is 0. The number of nitrogens with two attached hydrogens (primary N) is 1. The van der Waals surface area contributed by atoms with Crippen molar-refractivity contribution in [1.29, 1.82) is 0 Å². The molecule has 0 heterocycles. The van der Waals surface area contributed by atoms with Crippen LogP contribution >= 0.6 is 0 Å². The van der Waals surface area contributed by atoms with Gasteiger partial charge in [-0.2, -0.15) is 0 Å². The second-order valence-corrected chi connectivity index (χ2v) is 5.16. The highest BCUT2D eigenvalue weighted by atomic mass is 15.2. The first-order valence-corrected chi connectivity index (χ1v) is 6.88. The van der Waals surface area contributed by atoms with Crippen LogP contribution in [0.25, 0.3) is 0 Å². The highest BCUT2D eigenvalue weighted by Crippen LogP contribution is 2.35. The summed E-state index contributed by atoms with van der Waals surface area (Å²) < 4.78 is 0. The molecule has 1 aromatic carbocycles. The Morgan fingerprint density at radius 2 is 1.88 bits per heavy atom. The molecule has 0 bridgehead atoms. The lowest BCUT2D eigenvalue weighted by molar-refractivity contribution is 0.307. The minimum Gasteiger partial charge on any atom is -0.271 e. The van der Waals surface area contributed by atoms with Crippen molar-refractivity contribution in [3.05, 3.63) is 35.9 Å². The van der Waals surface area contributed by atoms with E-state index in [2.05, 4.69) is 42.7 Å². The molecule has 1 aliphatic rings. The fourth-order valence-corrected chi connectivity index (χ4v) is 3.29. The Labute approximate surface area is 105 Å². The van der Waals surface area contributed by atoms with Crippen LogP contribution in [0.2, 0.25) is 0 Å². The Hall–Kier alpha value is -0.860. The van der Waals surface area contributed by atoms with Crippen molar-refractivity contribution in [2.45, 2.75) is 51.0 Å². The van der Waals surface area contributed by atoms with Gasteiger partial charge in [0.2, 0.25) is 0 Å². The lowest BCUT2D eigenvalue weighted by Crippen LogP contribution is -2.44. The van der Waals surface area contributed by atoms with Gasteiger partial charge in [-0.25, -0.2) is 0 Å². The Morgan fingerprint density at radius 1 is 1.24 bits per heavy atom. The third-order valence-corrected chi connectivity index (χ3v) is 4.20. The smallest absolute Gasteiger partial charge is 0.0307 e. The maximum absolute atomic E-state index is 5.82. The molecule has 1 fully saturated rings. The van der Waals surface area contributed by atoms with Crippen molar-refractivity contribution in [1.82, 2.24) is 5.43 Å². The Kier molecular flexibility index (Phi) is 4.57. The molecule has 0 amide bonds. The standard InChI is InChI=1S/C15H24N2/c1-2-14(12-8-4-3-5-9-12)15(17-16)13-10-6-7-11-13/h3-5,8-9,13-15,17H,2,6-7,10-11,16H2,1H3. The summed E-state index contributed by atoms with van der Waals surface area (Å²) in [5, 5.41) is 0. The summed E-state index contributed by atoms with van der Waals surface area (Å²) in [5.41, 5.74) is 4.51. The van der Waals surface area contributed by atoms with E-state index in [-0.39, 0.29) is 0 Å². The van der Waals surface area contributed by atoms with E-state index in [1.807, 2.05) is 0 Å². The van der Waals surface area contributed by atoms with E-state index >= 15 is 0 Å². The van der Waals surface area contributed by atoms with Crippen LogP contribution < -0.4 is 11.3 Å². The average molecular weight is 232 g/mol. The molecule has 2 rings (SSSR count). The largest absolute Gasteiger partial charge is 0.271 e. The SMILES string of the molecule is CCC(c1ccccc1)C(NN)C1CCCC1. The van der Waals surface area contributed by atoms with Gasteiger partial charge >= 0.3 is 0 Å². The third-order valence-electron chi connectivity index (χ3n) is 4.20. The lowest BCUT2D eigenvalue weighted by atomic mass is 9.81. The monoisotopic (exact) mass is 232 g/mol. The fraction of sp³-hybridized carbons (Fsp3) is 0.600. The molecule has 2 nitrogen and oxygen atoms in total. The summed E-state index contributed by atoms with van der Waals surface area (Å²) in [5.74, 6) is 7.12. The van der Waals surface area contributed by atoms with Gasteiger partial charge in [-0.1, -0.05) is 50.1 Å². The van der Waals surface area contributed by atoms with Crippen LogP contribution in [0, 0.1) is 5.92 Å². The predicted molar refractivity (Wildman–Crippen MR) is 72.5 cm³/mol. The number of hydrazine groups is 1. The van der Waals surface area contributed by atoms with Crippen molar-refractivity contribution in [2.75, 3.05) is 0 Å². The van der Waals surface area contributed by atoms with Gasteiger partial charge in [0.15, 0.2) is 0 Å². The quantitative estimate of drug-likeness (QED) is 0.604. The van der Waals surface area contributed by atoms with E-state index in [1.54, 1.807) is 0 Å². The molecular formula is C15H24N2. The van der Waals surface area contributed by atoms with Gasteiger partial charge in [-0.3, -0.25) is 11.3 Å². The molecular weight excluding hydrogens is 208 g/mol. The van der Waals surface area contributed by atoms with Gasteiger partial charge < -0.3 is 0 Å². The van der Waals surface area contributed by atoms with Gasteiger partial charge in [-0.15, -0.1) is 0 Å². The topological polar surface area (TPSA) is 38.0 Å². The van der Waals surface area contributed by atoms with Crippen LogP contribution in [0.3, 0.4) is 0 Å². The number of rotatable bonds is 5. The van der Waals surface area contributed by atoms with Crippen molar-refractivity contribution < 1.29 is 0 Å². The minimum absolute atomic E-state index is 0.435. The van der Waals surface area contributed by atoms with E-state index in [0.717, 1.165) is 12.3 Å². The molecule has 3 N–H and O–H groups in total. The van der Waals surface area contributed by atoms with E-state index in [0.29, 0.717) is 12.0 Å². The molecule has 1 aromatic rings. The Morgan fingerprint density at radius 3 is 2.41 bits per heavy atom. The first-order valence-electron chi connectivity index (χ1n) is 6.88. The molecule has 1 aliphatic carbocycles. The average Bonchev–Trinajstić information content (AvgIpc) is 2.90. The summed E-state index contributed by atoms with van der Waals surface area (Å²) >= 11 is 0. The molecule has 2 unspecified atom stereocenters. The Balaban J connectivity index is 2.15. The highest BCUT2D eigenvalue weighted by Gasteiger charge is 2.30. The van der Waals surface area contributed by atoms with Crippen molar-refractivity contribution in [3.8, 4) is 0 Å². The van der Waals surface area contributed by atoms with Crippen molar-refractivity contribution in [3.63, 3.8) is 0 Å². The van der Waals surface area contributed by atoms with Gasteiger partial charge in [0.05, 0.1) is 0 Å². The molecule has 94 valence electrons. The van der Waals surface area contributed by atoms with Gasteiger partial charge in [-0.05, 0) is 30.7 Å². The summed E-state index contributed by atoms with van der Waals surface area (Å²) in [6, 6.07) is 11.2. The van der Waals surface area contributed by atoms with Gasteiger partial charge in [0.25, 0.3) is 0 Å². The molecule has 2 atom stereocenters. The van der Waals surface area contributed by atoms with Crippen LogP contribution in [0.15, 0.2) is 30.3 Å². The number of nitrogens with one attached hydrogen (secondary N) is 1. The van der Waals surface area contributed by atoms with E-state index in [9.17, 15) is 0 Å². The van der Waals surface area contributed by atoms with Crippen LogP contribution in [0.5, 0.6) is 0 Å². The molecule has 1 saturated carbocycles. The molecule has 2 heteroatoms. The minimum atomic E-state index is 0.435. The molecule has 0 radical (unpaired) electrons. The number of hydrogen-bond acceptors (Lipinski definition) is 2. The van der Waals surface area contributed by atoms with Crippen molar-refractivity contribution in [2.24, 2.45) is 11.8 Å². The summed E-state index contributed by atoms with van der Waals surface area (Å²) in [6.45, 7) is 2.26. The van der Waals surface area contributed by atoms with Gasteiger partial charge in [0.1, 0.15) is 0 Å². The first-order chi connectivity index (χ1) is 8.36. The van der Waals surface area contributed by atoms with Crippen molar-refractivity contribution >= 4 is 0 Å². The zero-order valence-corrected chi connectivity index (χ0v) is 10.7. The zero-order chi connectivity index (χ0) is 12.1. The molecule has 0 aromatic heterocycles. The molecule has 0 spiro atoms. The second kappa shape index (κ2) is 6.18. The van der Waals surface area contributed by atoms with Crippen LogP contribution in [0.4, 0.5) is 0 Å². The van der Waals surface area contributed by atoms with E-state index in [1.165, 1.54) is 31.2 Å². The normalized spacial score (nSPS) is 20.4. The third kappa shape index (κ3) is 2.88. The maximum atomic E-state index is 5.82. The second-order valence-electron chi connectivity index (χ2n) is 5.16. The van der Waals surface area contributed by atoms with Gasteiger partial charge in [0, 0.05) is 12.0 Å². The van der Waals surface area contributed by atoms with Crippen LogP contribution in [-0.4, -0.2) is 6.04 Å². The maximum Gasteiger partial charge on any atom is 0.0307 e. The highest BCUT2D eigenvalue weighted by molar-refractivity contribution is 5.21. The number of hydrogen-bond donors (Lipinski definition) is 2. The fourth-order valence-electron chi connectivity index (χ4n) is 3.29. The van der Waals surface area contributed by atoms with Crippen LogP contribution in [-0.2, 0) is 0 Å². The van der Waals surface area contributed by atoms with E-state index < -0.39 is 0 Å². The molecule has 17 heavy (non-hydrogen) atoms. The van der Waals surface area contributed by atoms with E-state index in [4.69, 9.17) is 5.84 Å². The molecule has 0 aliphatic heterocycles. The van der Waals surface area contributed by atoms with Crippen LogP contribution in [0.1, 0.15) is 50.5 Å². The zero-order valence-electron chi connectivity index (χ0n) is 10.7.